The molecular weight excluding hydrogens is 208 g/mol. The summed E-state index contributed by atoms with van der Waals surface area (Å²) < 4.78 is 2.44. The lowest BCUT2D eigenvalue weighted by Gasteiger charge is -2.25. The quantitative estimate of drug-likeness (QED) is 0.834. The van der Waals surface area contributed by atoms with E-state index in [1.165, 1.54) is 17.0 Å². The summed E-state index contributed by atoms with van der Waals surface area (Å²) in [5.41, 5.74) is 10.1. The molecule has 0 atom stereocenters. The van der Waals surface area contributed by atoms with Crippen molar-refractivity contribution in [3.8, 4) is 0 Å². The van der Waals surface area contributed by atoms with Crippen LogP contribution in [0, 0.1) is 19.8 Å². The molecule has 0 aliphatic rings. The molecule has 0 aliphatic carbocycles. The van der Waals surface area contributed by atoms with Crippen LogP contribution in [0.3, 0.4) is 0 Å². The molecule has 0 bridgehead atoms. The van der Waals surface area contributed by atoms with Crippen LogP contribution in [0.15, 0.2) is 6.07 Å². The van der Waals surface area contributed by atoms with Gasteiger partial charge in [-0.15, -0.1) is 0 Å². The molecule has 0 saturated heterocycles. The summed E-state index contributed by atoms with van der Waals surface area (Å²) in [5, 5.41) is 0. The number of aryl methyl sites for hydroxylation is 1. The van der Waals surface area contributed by atoms with E-state index in [0.717, 1.165) is 19.5 Å². The van der Waals surface area contributed by atoms with Crippen molar-refractivity contribution in [1.82, 2.24) is 4.57 Å². The lowest BCUT2D eigenvalue weighted by Crippen LogP contribution is -2.22. The van der Waals surface area contributed by atoms with Gasteiger partial charge in [-0.1, -0.05) is 27.7 Å². The average Bonchev–Trinajstić information content (AvgIpc) is 2.45. The summed E-state index contributed by atoms with van der Waals surface area (Å²) in [7, 11) is 0. The topological polar surface area (TPSA) is 30.9 Å². The number of nitrogens with zero attached hydrogens (tertiary/aromatic N) is 1. The minimum Gasteiger partial charge on any atom is -0.349 e. The zero-order chi connectivity index (χ0) is 13.2. The molecule has 1 heterocycles. The van der Waals surface area contributed by atoms with Crippen molar-refractivity contribution in [2.24, 2.45) is 11.7 Å². The molecule has 0 saturated carbocycles. The highest BCUT2D eigenvalue weighted by Crippen LogP contribution is 2.31. The zero-order valence-corrected chi connectivity index (χ0v) is 12.3. The smallest absolute Gasteiger partial charge is 0.0247 e. The monoisotopic (exact) mass is 236 g/mol. The number of nitrogens with two attached hydrogens (primary N) is 1. The maximum atomic E-state index is 5.72. The Morgan fingerprint density at radius 2 is 1.88 bits per heavy atom. The predicted octanol–water partition coefficient (Wildman–Crippen LogP) is 3.39. The molecular formula is C15H28N2. The Balaban J connectivity index is 3.11. The standard InChI is InChI=1S/C15H28N2/c1-11(2)10-17-12(3)9-14(13(17)4)15(5,6)7-8-16/h9,11H,7-8,10,16H2,1-6H3. The maximum absolute atomic E-state index is 5.72. The third kappa shape index (κ3) is 3.12. The molecule has 1 aromatic heterocycles. The molecule has 0 amide bonds. The van der Waals surface area contributed by atoms with Crippen LogP contribution < -0.4 is 5.73 Å². The summed E-state index contributed by atoms with van der Waals surface area (Å²) in [6.45, 7) is 15.4. The molecule has 0 unspecified atom stereocenters. The van der Waals surface area contributed by atoms with Gasteiger partial charge in [-0.25, -0.2) is 0 Å². The molecule has 1 rings (SSSR count). The fraction of sp³-hybridized carbons (Fsp3) is 0.733. The van der Waals surface area contributed by atoms with Crippen LogP contribution >= 0.6 is 0 Å². The Kier molecular flexibility index (Phi) is 4.42. The molecule has 98 valence electrons. The van der Waals surface area contributed by atoms with Crippen molar-refractivity contribution in [1.29, 1.82) is 0 Å². The van der Waals surface area contributed by atoms with Gasteiger partial charge in [0.1, 0.15) is 0 Å². The molecule has 2 nitrogen and oxygen atoms in total. The second-order valence-electron chi connectivity index (χ2n) is 6.21. The highest BCUT2D eigenvalue weighted by Gasteiger charge is 2.24. The van der Waals surface area contributed by atoms with Crippen LogP contribution in [0.2, 0.25) is 0 Å². The van der Waals surface area contributed by atoms with Crippen molar-refractivity contribution in [2.45, 2.75) is 59.9 Å². The molecule has 0 aliphatic heterocycles. The van der Waals surface area contributed by atoms with Crippen LogP contribution in [0.5, 0.6) is 0 Å². The number of hydrogen-bond donors (Lipinski definition) is 1. The Morgan fingerprint density at radius 1 is 1.29 bits per heavy atom. The highest BCUT2D eigenvalue weighted by atomic mass is 15.0. The molecule has 2 heteroatoms. The molecule has 0 fully saturated rings. The van der Waals surface area contributed by atoms with E-state index >= 15 is 0 Å². The maximum Gasteiger partial charge on any atom is 0.0247 e. The van der Waals surface area contributed by atoms with Gasteiger partial charge in [-0.05, 0) is 49.8 Å². The lowest BCUT2D eigenvalue weighted by molar-refractivity contribution is 0.473. The van der Waals surface area contributed by atoms with E-state index in [1.54, 1.807) is 0 Å². The Hall–Kier alpha value is -0.760. The normalized spacial score (nSPS) is 12.5. The summed E-state index contributed by atoms with van der Waals surface area (Å²) in [6, 6.07) is 2.34. The summed E-state index contributed by atoms with van der Waals surface area (Å²) in [6.07, 6.45) is 1.04. The lowest BCUT2D eigenvalue weighted by atomic mass is 9.81. The number of aromatic nitrogens is 1. The molecule has 1 aromatic rings. The molecule has 2 N–H and O–H groups in total. The Morgan fingerprint density at radius 3 is 2.35 bits per heavy atom. The van der Waals surface area contributed by atoms with Crippen molar-refractivity contribution in [2.75, 3.05) is 6.54 Å². The first-order valence-electron chi connectivity index (χ1n) is 6.67. The van der Waals surface area contributed by atoms with E-state index in [9.17, 15) is 0 Å². The first kappa shape index (κ1) is 14.3. The minimum absolute atomic E-state index is 0.186. The fourth-order valence-corrected chi connectivity index (χ4v) is 2.63. The van der Waals surface area contributed by atoms with Gasteiger partial charge < -0.3 is 10.3 Å². The molecule has 0 aromatic carbocycles. The van der Waals surface area contributed by atoms with Gasteiger partial charge in [0.2, 0.25) is 0 Å². The van der Waals surface area contributed by atoms with E-state index < -0.39 is 0 Å². The first-order valence-corrected chi connectivity index (χ1v) is 6.67. The van der Waals surface area contributed by atoms with E-state index in [2.05, 4.69) is 52.2 Å². The summed E-state index contributed by atoms with van der Waals surface area (Å²) >= 11 is 0. The van der Waals surface area contributed by atoms with Crippen LogP contribution in [-0.2, 0) is 12.0 Å². The van der Waals surface area contributed by atoms with E-state index in [-0.39, 0.29) is 5.41 Å². The van der Waals surface area contributed by atoms with Gasteiger partial charge in [0.05, 0.1) is 0 Å². The largest absolute Gasteiger partial charge is 0.349 e. The van der Waals surface area contributed by atoms with E-state index in [0.29, 0.717) is 5.92 Å². The highest BCUT2D eigenvalue weighted by molar-refractivity contribution is 5.33. The van der Waals surface area contributed by atoms with Crippen molar-refractivity contribution in [3.63, 3.8) is 0 Å². The second kappa shape index (κ2) is 5.26. The molecule has 0 radical (unpaired) electrons. The first-order chi connectivity index (χ1) is 7.79. The van der Waals surface area contributed by atoms with Crippen LogP contribution in [-0.4, -0.2) is 11.1 Å². The van der Waals surface area contributed by atoms with E-state index in [4.69, 9.17) is 5.73 Å². The number of hydrogen-bond acceptors (Lipinski definition) is 1. The Labute approximate surface area is 106 Å². The van der Waals surface area contributed by atoms with Gasteiger partial charge in [0.25, 0.3) is 0 Å². The second-order valence-corrected chi connectivity index (χ2v) is 6.21. The summed E-state index contributed by atoms with van der Waals surface area (Å²) in [5.74, 6) is 0.685. The van der Waals surface area contributed by atoms with Gasteiger partial charge in [0.15, 0.2) is 0 Å². The number of rotatable bonds is 5. The summed E-state index contributed by atoms with van der Waals surface area (Å²) in [4.78, 5) is 0. The zero-order valence-electron chi connectivity index (χ0n) is 12.3. The molecule has 0 spiro atoms. The third-order valence-corrected chi connectivity index (χ3v) is 3.62. The van der Waals surface area contributed by atoms with Gasteiger partial charge in [0, 0.05) is 17.9 Å². The average molecular weight is 236 g/mol. The van der Waals surface area contributed by atoms with Crippen molar-refractivity contribution < 1.29 is 0 Å². The van der Waals surface area contributed by atoms with Gasteiger partial charge in [-0.2, -0.15) is 0 Å². The van der Waals surface area contributed by atoms with Gasteiger partial charge >= 0.3 is 0 Å². The molecule has 17 heavy (non-hydrogen) atoms. The third-order valence-electron chi connectivity index (χ3n) is 3.62. The Bertz CT molecular complexity index is 373. The van der Waals surface area contributed by atoms with Crippen molar-refractivity contribution >= 4 is 0 Å². The predicted molar refractivity (Wildman–Crippen MR) is 75.4 cm³/mol. The minimum atomic E-state index is 0.186. The van der Waals surface area contributed by atoms with Crippen LogP contribution in [0.4, 0.5) is 0 Å². The SMILES string of the molecule is Cc1cc(C(C)(C)CCN)c(C)n1CC(C)C. The van der Waals surface area contributed by atoms with E-state index in [1.807, 2.05) is 0 Å². The van der Waals surface area contributed by atoms with Crippen molar-refractivity contribution in [3.05, 3.63) is 23.0 Å². The van der Waals surface area contributed by atoms with Gasteiger partial charge in [-0.3, -0.25) is 0 Å². The van der Waals surface area contributed by atoms with Crippen LogP contribution in [0.1, 0.15) is 51.1 Å². The fourth-order valence-electron chi connectivity index (χ4n) is 2.63. The van der Waals surface area contributed by atoms with Crippen LogP contribution in [0.25, 0.3) is 0 Å².